The Kier molecular flexibility index (Phi) is 1.93. The Morgan fingerprint density at radius 3 is 2.73 bits per heavy atom. The highest BCUT2D eigenvalue weighted by molar-refractivity contribution is 5.41. The topological polar surface area (TPSA) is 20.2 Å². The molecule has 3 unspecified atom stereocenters. The van der Waals surface area contributed by atoms with Crippen molar-refractivity contribution in [3.05, 3.63) is 35.4 Å². The summed E-state index contributed by atoms with van der Waals surface area (Å²) in [4.78, 5) is 0. The van der Waals surface area contributed by atoms with E-state index in [9.17, 15) is 5.11 Å². The number of aliphatic hydroxyl groups excluding tert-OH is 1. The summed E-state index contributed by atoms with van der Waals surface area (Å²) in [5, 5.41) is 10.3. The normalized spacial score (nSPS) is 38.5. The molecule has 0 heterocycles. The van der Waals surface area contributed by atoms with E-state index in [2.05, 4.69) is 31.2 Å². The number of aliphatic hydroxyl groups is 1. The monoisotopic (exact) mass is 202 g/mol. The van der Waals surface area contributed by atoms with E-state index < -0.39 is 0 Å². The number of rotatable bonds is 0. The molecule has 0 aliphatic heterocycles. The van der Waals surface area contributed by atoms with Gasteiger partial charge in [-0.15, -0.1) is 0 Å². The van der Waals surface area contributed by atoms with Crippen LogP contribution in [0.25, 0.3) is 0 Å². The van der Waals surface area contributed by atoms with Gasteiger partial charge in [0.25, 0.3) is 0 Å². The van der Waals surface area contributed by atoms with Crippen LogP contribution in [0.1, 0.15) is 37.3 Å². The van der Waals surface area contributed by atoms with E-state index in [-0.39, 0.29) is 11.5 Å². The Morgan fingerprint density at radius 1 is 1.27 bits per heavy atom. The van der Waals surface area contributed by atoms with Crippen LogP contribution in [-0.2, 0) is 11.8 Å². The Balaban J connectivity index is 2.14. The third-order valence-electron chi connectivity index (χ3n) is 4.67. The van der Waals surface area contributed by atoms with E-state index >= 15 is 0 Å². The molecule has 3 atom stereocenters. The van der Waals surface area contributed by atoms with Gasteiger partial charge in [0.15, 0.2) is 0 Å². The lowest BCUT2D eigenvalue weighted by Gasteiger charge is -2.54. The van der Waals surface area contributed by atoms with Crippen LogP contribution in [0.2, 0.25) is 0 Å². The zero-order chi connectivity index (χ0) is 10.5. The van der Waals surface area contributed by atoms with Crippen molar-refractivity contribution in [2.24, 2.45) is 5.92 Å². The lowest BCUT2D eigenvalue weighted by Crippen LogP contribution is -2.54. The second-order valence-corrected chi connectivity index (χ2v) is 5.19. The summed E-state index contributed by atoms with van der Waals surface area (Å²) in [5.74, 6) is 0.647. The maximum atomic E-state index is 10.3. The Labute approximate surface area is 91.1 Å². The molecule has 0 saturated heterocycles. The van der Waals surface area contributed by atoms with Crippen LogP contribution < -0.4 is 0 Å². The van der Waals surface area contributed by atoms with Gasteiger partial charge in [0.05, 0.1) is 6.10 Å². The molecule has 0 radical (unpaired) electrons. The summed E-state index contributed by atoms with van der Waals surface area (Å²) in [6.45, 7) is 2.29. The summed E-state index contributed by atoms with van der Waals surface area (Å²) in [6, 6.07) is 8.69. The molecule has 1 N–H and O–H groups in total. The Bertz CT molecular complexity index is 385. The van der Waals surface area contributed by atoms with Crippen molar-refractivity contribution in [2.45, 2.75) is 44.1 Å². The molecule has 1 saturated carbocycles. The zero-order valence-corrected chi connectivity index (χ0v) is 9.24. The van der Waals surface area contributed by atoms with Gasteiger partial charge in [-0.25, -0.2) is 0 Å². The molecule has 3 rings (SSSR count). The molecule has 1 fully saturated rings. The van der Waals surface area contributed by atoms with E-state index in [1.54, 1.807) is 0 Å². The van der Waals surface area contributed by atoms with Gasteiger partial charge in [-0.2, -0.15) is 0 Å². The van der Waals surface area contributed by atoms with E-state index in [0.29, 0.717) is 5.92 Å². The summed E-state index contributed by atoms with van der Waals surface area (Å²) >= 11 is 0. The van der Waals surface area contributed by atoms with E-state index in [1.165, 1.54) is 24.0 Å². The molecule has 0 bridgehead atoms. The third kappa shape index (κ3) is 1.07. The molecule has 80 valence electrons. The number of hydrogen-bond donors (Lipinski definition) is 1. The van der Waals surface area contributed by atoms with Gasteiger partial charge < -0.3 is 5.11 Å². The average molecular weight is 202 g/mol. The minimum absolute atomic E-state index is 0.106. The SMILES string of the molecule is CC1CCC12c1ccccc1CCC2O. The number of hydrogen-bond acceptors (Lipinski definition) is 1. The summed E-state index contributed by atoms with van der Waals surface area (Å²) in [5.41, 5.74) is 3.01. The minimum Gasteiger partial charge on any atom is -0.392 e. The van der Waals surface area contributed by atoms with Crippen LogP contribution in [0.15, 0.2) is 24.3 Å². The molecule has 1 spiro atoms. The van der Waals surface area contributed by atoms with Gasteiger partial charge in [-0.1, -0.05) is 31.2 Å². The van der Waals surface area contributed by atoms with Crippen molar-refractivity contribution in [2.75, 3.05) is 0 Å². The fraction of sp³-hybridized carbons (Fsp3) is 0.571. The third-order valence-corrected chi connectivity index (χ3v) is 4.67. The molecular weight excluding hydrogens is 184 g/mol. The molecule has 0 amide bonds. The second-order valence-electron chi connectivity index (χ2n) is 5.19. The van der Waals surface area contributed by atoms with Crippen LogP contribution in [0.4, 0.5) is 0 Å². The first-order chi connectivity index (χ1) is 7.25. The number of aryl methyl sites for hydroxylation is 1. The quantitative estimate of drug-likeness (QED) is 0.685. The maximum Gasteiger partial charge on any atom is 0.0642 e. The van der Waals surface area contributed by atoms with Crippen molar-refractivity contribution < 1.29 is 5.11 Å². The van der Waals surface area contributed by atoms with Crippen LogP contribution in [0, 0.1) is 5.92 Å². The van der Waals surface area contributed by atoms with E-state index in [4.69, 9.17) is 0 Å². The maximum absolute atomic E-state index is 10.3. The fourth-order valence-electron chi connectivity index (χ4n) is 3.56. The first-order valence-corrected chi connectivity index (χ1v) is 6.01. The van der Waals surface area contributed by atoms with Gasteiger partial charge >= 0.3 is 0 Å². The molecule has 1 aromatic carbocycles. The van der Waals surface area contributed by atoms with Crippen molar-refractivity contribution in [1.29, 1.82) is 0 Å². The van der Waals surface area contributed by atoms with Crippen LogP contribution >= 0.6 is 0 Å². The van der Waals surface area contributed by atoms with Crippen molar-refractivity contribution in [1.82, 2.24) is 0 Å². The van der Waals surface area contributed by atoms with Crippen molar-refractivity contribution >= 4 is 0 Å². The van der Waals surface area contributed by atoms with Gasteiger partial charge in [0, 0.05) is 5.41 Å². The molecule has 1 aromatic rings. The first-order valence-electron chi connectivity index (χ1n) is 6.01. The van der Waals surface area contributed by atoms with E-state index in [0.717, 1.165) is 12.8 Å². The fourth-order valence-corrected chi connectivity index (χ4v) is 3.56. The highest BCUT2D eigenvalue weighted by Crippen LogP contribution is 2.54. The first kappa shape index (κ1) is 9.41. The molecule has 0 aromatic heterocycles. The average Bonchev–Trinajstić information content (AvgIpc) is 2.27. The zero-order valence-electron chi connectivity index (χ0n) is 9.24. The highest BCUT2D eigenvalue weighted by Gasteiger charge is 2.52. The molecule has 15 heavy (non-hydrogen) atoms. The second kappa shape index (κ2) is 3.08. The standard InChI is InChI=1S/C14H18O/c1-10-8-9-14(10)12-5-3-2-4-11(12)6-7-13(14)15/h2-5,10,13,15H,6-9H2,1H3. The van der Waals surface area contributed by atoms with Crippen LogP contribution in [-0.4, -0.2) is 11.2 Å². The van der Waals surface area contributed by atoms with Crippen LogP contribution in [0.3, 0.4) is 0 Å². The summed E-state index contributed by atoms with van der Waals surface area (Å²) in [7, 11) is 0. The van der Waals surface area contributed by atoms with Gasteiger partial charge in [-0.3, -0.25) is 0 Å². The smallest absolute Gasteiger partial charge is 0.0642 e. The number of fused-ring (bicyclic) bond motifs is 2. The van der Waals surface area contributed by atoms with E-state index in [1.807, 2.05) is 0 Å². The van der Waals surface area contributed by atoms with Crippen molar-refractivity contribution in [3.8, 4) is 0 Å². The lowest BCUT2D eigenvalue weighted by atomic mass is 9.51. The van der Waals surface area contributed by atoms with Gasteiger partial charge in [0.1, 0.15) is 0 Å². The molecule has 2 aliphatic carbocycles. The predicted octanol–water partition coefficient (Wildman–Crippen LogP) is 2.66. The Morgan fingerprint density at radius 2 is 2.07 bits per heavy atom. The summed E-state index contributed by atoms with van der Waals surface area (Å²) in [6.07, 6.45) is 4.32. The van der Waals surface area contributed by atoms with Gasteiger partial charge in [-0.05, 0) is 42.7 Å². The molecule has 2 aliphatic rings. The highest BCUT2D eigenvalue weighted by atomic mass is 16.3. The van der Waals surface area contributed by atoms with Crippen LogP contribution in [0.5, 0.6) is 0 Å². The minimum atomic E-state index is -0.115. The van der Waals surface area contributed by atoms with Gasteiger partial charge in [0.2, 0.25) is 0 Å². The largest absolute Gasteiger partial charge is 0.392 e. The Hall–Kier alpha value is -0.820. The summed E-state index contributed by atoms with van der Waals surface area (Å²) < 4.78 is 0. The molecule has 1 heteroatoms. The molecule has 1 nitrogen and oxygen atoms in total. The van der Waals surface area contributed by atoms with Crippen molar-refractivity contribution in [3.63, 3.8) is 0 Å². The predicted molar refractivity (Wildman–Crippen MR) is 60.8 cm³/mol. The number of benzene rings is 1. The lowest BCUT2D eigenvalue weighted by molar-refractivity contribution is -0.0277. The molecular formula is C14H18O.